The van der Waals surface area contributed by atoms with Gasteiger partial charge in [-0.05, 0) is 50.1 Å². The Balaban J connectivity index is 1.77. The molecule has 2 aromatic carbocycles. The number of carbonyl (C=O) groups is 1. The average Bonchev–Trinajstić information content (AvgIpc) is 2.57. The van der Waals surface area contributed by atoms with Crippen LogP contribution in [0.5, 0.6) is 0 Å². The molecule has 3 unspecified atom stereocenters. The van der Waals surface area contributed by atoms with Crippen molar-refractivity contribution in [3.8, 4) is 0 Å². The van der Waals surface area contributed by atoms with E-state index >= 15 is 0 Å². The van der Waals surface area contributed by atoms with E-state index in [9.17, 15) is 14.3 Å². The van der Waals surface area contributed by atoms with Crippen molar-refractivity contribution in [1.82, 2.24) is 5.32 Å². The first-order valence-corrected chi connectivity index (χ1v) is 8.47. The van der Waals surface area contributed by atoms with Crippen LogP contribution in [0.3, 0.4) is 0 Å². The summed E-state index contributed by atoms with van der Waals surface area (Å²) in [6.07, 6.45) is 0.286. The van der Waals surface area contributed by atoms with E-state index in [4.69, 9.17) is 0 Å². The van der Waals surface area contributed by atoms with E-state index in [0.717, 1.165) is 5.56 Å². The van der Waals surface area contributed by atoms with Gasteiger partial charge in [0.15, 0.2) is 0 Å². The number of anilines is 1. The molecule has 1 amide bonds. The van der Waals surface area contributed by atoms with Gasteiger partial charge in [-0.15, -0.1) is 0 Å². The maximum atomic E-state index is 12.9. The van der Waals surface area contributed by atoms with Crippen molar-refractivity contribution in [2.45, 2.75) is 44.9 Å². The zero-order valence-electron chi connectivity index (χ0n) is 14.6. The predicted molar refractivity (Wildman–Crippen MR) is 97.9 cm³/mol. The van der Waals surface area contributed by atoms with E-state index in [-0.39, 0.29) is 30.2 Å². The van der Waals surface area contributed by atoms with E-state index in [0.29, 0.717) is 12.1 Å². The molecular formula is C20H25FN2O2. The smallest absolute Gasteiger partial charge is 0.225 e. The van der Waals surface area contributed by atoms with Gasteiger partial charge in [0.2, 0.25) is 5.91 Å². The van der Waals surface area contributed by atoms with Gasteiger partial charge in [-0.2, -0.15) is 0 Å². The van der Waals surface area contributed by atoms with Crippen LogP contribution in [0.4, 0.5) is 10.1 Å². The van der Waals surface area contributed by atoms with Gasteiger partial charge in [0.25, 0.3) is 0 Å². The Morgan fingerprint density at radius 3 is 2.36 bits per heavy atom. The number of hydrogen-bond acceptors (Lipinski definition) is 3. The molecule has 5 heteroatoms. The second-order valence-electron chi connectivity index (χ2n) is 6.37. The first-order valence-electron chi connectivity index (χ1n) is 8.47. The molecule has 2 aromatic rings. The molecule has 0 saturated heterocycles. The van der Waals surface area contributed by atoms with Crippen LogP contribution in [0.25, 0.3) is 0 Å². The van der Waals surface area contributed by atoms with Crippen molar-refractivity contribution < 1.29 is 14.3 Å². The Kier molecular flexibility index (Phi) is 7.10. The normalized spacial score (nSPS) is 14.6. The number of benzene rings is 2. The fourth-order valence-corrected chi connectivity index (χ4v) is 2.67. The second kappa shape index (κ2) is 9.30. The summed E-state index contributed by atoms with van der Waals surface area (Å²) in [5, 5.41) is 16.3. The minimum atomic E-state index is -0.537. The van der Waals surface area contributed by atoms with Gasteiger partial charge < -0.3 is 15.7 Å². The Hall–Kier alpha value is -2.24. The monoisotopic (exact) mass is 344 g/mol. The number of carbonyl (C=O) groups excluding carboxylic acids is 1. The first kappa shape index (κ1) is 19.1. The molecule has 3 N–H and O–H groups in total. The minimum absolute atomic E-state index is 0.0964. The third kappa shape index (κ3) is 6.64. The van der Waals surface area contributed by atoms with Crippen LogP contribution in [-0.4, -0.2) is 29.2 Å². The van der Waals surface area contributed by atoms with E-state index in [1.165, 1.54) is 24.3 Å². The van der Waals surface area contributed by atoms with Gasteiger partial charge in [-0.25, -0.2) is 4.39 Å². The predicted octanol–water partition coefficient (Wildman–Crippen LogP) is 3.12. The summed E-state index contributed by atoms with van der Waals surface area (Å²) in [4.78, 5) is 12.0. The molecule has 0 heterocycles. The summed E-state index contributed by atoms with van der Waals surface area (Å²) in [6.45, 7) is 3.80. The standard InChI is InChI=1S/C20H25FN2O2/c1-14(12-20(25)23-18-10-8-17(21)9-11-18)22-15(2)19(24)13-16-6-4-3-5-7-16/h3-11,14-15,19,22,24H,12-13H2,1-2H3,(H,23,25). The molecular weight excluding hydrogens is 319 g/mol. The summed E-state index contributed by atoms with van der Waals surface area (Å²) >= 11 is 0. The van der Waals surface area contributed by atoms with Crippen molar-refractivity contribution in [2.24, 2.45) is 0 Å². The number of halogens is 1. The number of aliphatic hydroxyl groups is 1. The zero-order chi connectivity index (χ0) is 18.2. The average molecular weight is 344 g/mol. The third-order valence-corrected chi connectivity index (χ3v) is 4.03. The van der Waals surface area contributed by atoms with Crippen molar-refractivity contribution in [3.63, 3.8) is 0 Å². The molecule has 0 bridgehead atoms. The molecule has 0 aliphatic carbocycles. The van der Waals surface area contributed by atoms with Crippen LogP contribution in [0.15, 0.2) is 54.6 Å². The summed E-state index contributed by atoms with van der Waals surface area (Å²) in [5.74, 6) is -0.495. The quantitative estimate of drug-likeness (QED) is 0.689. The van der Waals surface area contributed by atoms with Crippen molar-refractivity contribution in [3.05, 3.63) is 66.0 Å². The van der Waals surface area contributed by atoms with Crippen molar-refractivity contribution >= 4 is 11.6 Å². The molecule has 0 aliphatic heterocycles. The SMILES string of the molecule is CC(CC(=O)Nc1ccc(F)cc1)NC(C)C(O)Cc1ccccc1. The van der Waals surface area contributed by atoms with Gasteiger partial charge in [0, 0.05) is 24.2 Å². The number of hydrogen-bond donors (Lipinski definition) is 3. The van der Waals surface area contributed by atoms with Gasteiger partial charge >= 0.3 is 0 Å². The second-order valence-corrected chi connectivity index (χ2v) is 6.37. The Bertz CT molecular complexity index is 661. The maximum absolute atomic E-state index is 12.9. The van der Waals surface area contributed by atoms with Crippen LogP contribution in [0.2, 0.25) is 0 Å². The Labute approximate surface area is 148 Å². The number of rotatable bonds is 8. The molecule has 2 rings (SSSR count). The van der Waals surface area contributed by atoms with Crippen LogP contribution in [-0.2, 0) is 11.2 Å². The van der Waals surface area contributed by atoms with E-state index in [2.05, 4.69) is 10.6 Å². The molecule has 0 aliphatic rings. The molecule has 25 heavy (non-hydrogen) atoms. The summed E-state index contributed by atoms with van der Waals surface area (Å²) in [6, 6.07) is 15.2. The van der Waals surface area contributed by atoms with Crippen molar-refractivity contribution in [1.29, 1.82) is 0 Å². The van der Waals surface area contributed by atoms with Gasteiger partial charge in [-0.1, -0.05) is 30.3 Å². The van der Waals surface area contributed by atoms with Gasteiger partial charge in [0.05, 0.1) is 6.10 Å². The maximum Gasteiger partial charge on any atom is 0.225 e. The third-order valence-electron chi connectivity index (χ3n) is 4.03. The van der Waals surface area contributed by atoms with Crippen LogP contribution < -0.4 is 10.6 Å². The fourth-order valence-electron chi connectivity index (χ4n) is 2.67. The Morgan fingerprint density at radius 2 is 1.72 bits per heavy atom. The summed E-state index contributed by atoms with van der Waals surface area (Å²) in [5.41, 5.74) is 1.64. The number of aliphatic hydroxyl groups excluding tert-OH is 1. The number of nitrogens with one attached hydrogen (secondary N) is 2. The molecule has 0 fully saturated rings. The molecule has 0 radical (unpaired) electrons. The first-order chi connectivity index (χ1) is 11.9. The van der Waals surface area contributed by atoms with Crippen LogP contribution in [0, 0.1) is 5.82 Å². The molecule has 0 spiro atoms. The van der Waals surface area contributed by atoms with E-state index < -0.39 is 6.10 Å². The number of amides is 1. The lowest BCUT2D eigenvalue weighted by Crippen LogP contribution is -2.44. The highest BCUT2D eigenvalue weighted by Gasteiger charge is 2.18. The lowest BCUT2D eigenvalue weighted by atomic mass is 10.0. The lowest BCUT2D eigenvalue weighted by Gasteiger charge is -2.24. The zero-order valence-corrected chi connectivity index (χ0v) is 14.6. The highest BCUT2D eigenvalue weighted by atomic mass is 19.1. The molecule has 0 aromatic heterocycles. The fraction of sp³-hybridized carbons (Fsp3) is 0.350. The highest BCUT2D eigenvalue weighted by Crippen LogP contribution is 2.10. The van der Waals surface area contributed by atoms with E-state index in [1.807, 2.05) is 44.2 Å². The highest BCUT2D eigenvalue weighted by molar-refractivity contribution is 5.91. The van der Waals surface area contributed by atoms with E-state index in [1.54, 1.807) is 0 Å². The van der Waals surface area contributed by atoms with Crippen LogP contribution >= 0.6 is 0 Å². The van der Waals surface area contributed by atoms with Crippen molar-refractivity contribution in [2.75, 3.05) is 5.32 Å². The minimum Gasteiger partial charge on any atom is -0.391 e. The van der Waals surface area contributed by atoms with Gasteiger partial charge in [0.1, 0.15) is 5.82 Å². The Morgan fingerprint density at radius 1 is 1.08 bits per heavy atom. The summed E-state index contributed by atoms with van der Waals surface area (Å²) < 4.78 is 12.9. The van der Waals surface area contributed by atoms with Crippen LogP contribution in [0.1, 0.15) is 25.8 Å². The molecule has 4 nitrogen and oxygen atoms in total. The topological polar surface area (TPSA) is 61.4 Å². The molecule has 3 atom stereocenters. The largest absolute Gasteiger partial charge is 0.391 e. The molecule has 0 saturated carbocycles. The molecule has 134 valence electrons. The summed E-state index contributed by atoms with van der Waals surface area (Å²) in [7, 11) is 0. The lowest BCUT2D eigenvalue weighted by molar-refractivity contribution is -0.116. The van der Waals surface area contributed by atoms with Gasteiger partial charge in [-0.3, -0.25) is 4.79 Å².